The Morgan fingerprint density at radius 1 is 1.04 bits per heavy atom. The Morgan fingerprint density at radius 3 is 2.57 bits per heavy atom. The topological polar surface area (TPSA) is 74.5 Å². The first-order chi connectivity index (χ1) is 11.2. The largest absolute Gasteiger partial charge is 0.234 e. The van der Waals surface area contributed by atoms with Gasteiger partial charge in [0.1, 0.15) is 5.82 Å². The van der Waals surface area contributed by atoms with Crippen molar-refractivity contribution >= 4 is 28.3 Å². The molecule has 3 rings (SSSR count). The van der Waals surface area contributed by atoms with Crippen LogP contribution in [0.5, 0.6) is 0 Å². The Morgan fingerprint density at radius 2 is 1.83 bits per heavy atom. The summed E-state index contributed by atoms with van der Waals surface area (Å²) in [6.45, 7) is 0. The summed E-state index contributed by atoms with van der Waals surface area (Å²) in [5, 5.41) is 3.63. The lowest BCUT2D eigenvalue weighted by Crippen LogP contribution is -1.92. The second-order valence-corrected chi connectivity index (χ2v) is 4.84. The summed E-state index contributed by atoms with van der Waals surface area (Å²) >= 11 is 6.05. The summed E-state index contributed by atoms with van der Waals surface area (Å²) in [5.74, 6) is 5.29. The smallest absolute Gasteiger partial charge is 0.164 e. The van der Waals surface area contributed by atoms with Crippen molar-refractivity contribution in [3.8, 4) is 11.8 Å². The van der Waals surface area contributed by atoms with Gasteiger partial charge in [0.2, 0.25) is 0 Å². The number of hydrogen-bond donors (Lipinski definition) is 0. The monoisotopic (exact) mass is 323 g/mol. The van der Waals surface area contributed by atoms with Crippen LogP contribution >= 0.6 is 11.6 Å². The Kier molecular flexibility index (Phi) is 4.07. The number of hydrogen-bond acceptors (Lipinski definition) is 3. The molecule has 0 N–H and O–H groups in total. The lowest BCUT2D eigenvalue weighted by atomic mass is 10.2. The molecule has 23 heavy (non-hydrogen) atoms. The van der Waals surface area contributed by atoms with Gasteiger partial charge in [-0.15, -0.1) is 0 Å². The lowest BCUT2D eigenvalue weighted by molar-refractivity contribution is 0.629. The van der Waals surface area contributed by atoms with E-state index >= 15 is 0 Å². The molecule has 1 aromatic heterocycles. The predicted octanol–water partition coefficient (Wildman–Crippen LogP) is 4.76. The average molecular weight is 324 g/mol. The number of benzene rings is 2. The van der Waals surface area contributed by atoms with E-state index in [2.05, 4.69) is 31.8 Å². The number of rotatable bonds is 1. The molecule has 5 nitrogen and oxygen atoms in total. The molecule has 7 heteroatoms. The molecule has 0 unspecified atom stereocenters. The molecular formula is C16H7ClFN5. The van der Waals surface area contributed by atoms with Gasteiger partial charge in [-0.1, -0.05) is 34.8 Å². The first kappa shape index (κ1) is 14.8. The van der Waals surface area contributed by atoms with Crippen LogP contribution in [-0.4, -0.2) is 9.97 Å². The highest BCUT2D eigenvalue weighted by molar-refractivity contribution is 6.30. The first-order valence-corrected chi connectivity index (χ1v) is 6.83. The van der Waals surface area contributed by atoms with Crippen LogP contribution in [0.4, 0.5) is 10.1 Å². The van der Waals surface area contributed by atoms with Crippen molar-refractivity contribution in [2.24, 2.45) is 5.11 Å². The van der Waals surface area contributed by atoms with Crippen molar-refractivity contribution in [3.05, 3.63) is 75.1 Å². The van der Waals surface area contributed by atoms with Gasteiger partial charge in [-0.2, -0.15) is 0 Å². The molecular weight excluding hydrogens is 317 g/mol. The van der Waals surface area contributed by atoms with Gasteiger partial charge in [-0.05, 0) is 35.7 Å². The summed E-state index contributed by atoms with van der Waals surface area (Å²) in [6.07, 6.45) is 0. The van der Waals surface area contributed by atoms with Crippen LogP contribution in [0.15, 0.2) is 47.6 Å². The molecule has 2 aromatic carbocycles. The molecule has 0 bridgehead atoms. The summed E-state index contributed by atoms with van der Waals surface area (Å²) in [6, 6.07) is 10.8. The Bertz CT molecular complexity index is 999. The van der Waals surface area contributed by atoms with Crippen molar-refractivity contribution in [2.45, 2.75) is 0 Å². The maximum absolute atomic E-state index is 13.2. The fraction of sp³-hybridized carbons (Fsp3) is 0. The molecule has 0 radical (unpaired) electrons. The predicted molar refractivity (Wildman–Crippen MR) is 85.7 cm³/mol. The Hall–Kier alpha value is -3.13. The van der Waals surface area contributed by atoms with E-state index in [1.54, 1.807) is 24.3 Å². The second-order valence-electron chi connectivity index (χ2n) is 4.48. The number of fused-ring (bicyclic) bond motifs is 1. The van der Waals surface area contributed by atoms with Crippen molar-refractivity contribution in [2.75, 3.05) is 0 Å². The third kappa shape index (κ3) is 3.38. The summed E-state index contributed by atoms with van der Waals surface area (Å²) < 4.78 is 13.2. The van der Waals surface area contributed by atoms with E-state index in [0.29, 0.717) is 22.3 Å². The highest BCUT2D eigenvalue weighted by Crippen LogP contribution is 2.18. The van der Waals surface area contributed by atoms with Gasteiger partial charge in [0.25, 0.3) is 0 Å². The minimum Gasteiger partial charge on any atom is -0.234 e. The Labute approximate surface area is 135 Å². The van der Waals surface area contributed by atoms with Gasteiger partial charge in [-0.3, -0.25) is 0 Å². The van der Waals surface area contributed by atoms with Crippen LogP contribution in [0, 0.1) is 17.7 Å². The highest BCUT2D eigenvalue weighted by Gasteiger charge is 2.05. The molecule has 0 aliphatic carbocycles. The molecule has 0 aliphatic rings. The zero-order valence-corrected chi connectivity index (χ0v) is 12.3. The van der Waals surface area contributed by atoms with Crippen LogP contribution in [0.1, 0.15) is 11.3 Å². The normalized spacial score (nSPS) is 9.83. The van der Waals surface area contributed by atoms with E-state index in [1.165, 1.54) is 18.2 Å². The average Bonchev–Trinajstić information content (AvgIpc) is 2.55. The van der Waals surface area contributed by atoms with Crippen LogP contribution in [-0.2, 0) is 0 Å². The molecule has 110 valence electrons. The maximum atomic E-state index is 13.2. The van der Waals surface area contributed by atoms with E-state index in [4.69, 9.17) is 17.1 Å². The minimum atomic E-state index is -0.401. The third-order valence-electron chi connectivity index (χ3n) is 2.94. The number of aromatic nitrogens is 2. The second kappa shape index (κ2) is 6.32. The van der Waals surface area contributed by atoms with Crippen LogP contribution in [0.2, 0.25) is 5.15 Å². The van der Waals surface area contributed by atoms with Crippen molar-refractivity contribution < 1.29 is 4.39 Å². The first-order valence-electron chi connectivity index (χ1n) is 6.46. The fourth-order valence-electron chi connectivity index (χ4n) is 1.88. The van der Waals surface area contributed by atoms with Gasteiger partial charge in [-0.25, -0.2) is 14.4 Å². The molecule has 0 saturated carbocycles. The molecule has 0 amide bonds. The van der Waals surface area contributed by atoms with Gasteiger partial charge >= 0.3 is 0 Å². The zero-order valence-electron chi connectivity index (χ0n) is 11.5. The Balaban J connectivity index is 1.98. The highest BCUT2D eigenvalue weighted by atomic mass is 35.5. The molecule has 3 aromatic rings. The zero-order chi connectivity index (χ0) is 16.2. The fourth-order valence-corrected chi connectivity index (χ4v) is 2.06. The van der Waals surface area contributed by atoms with Gasteiger partial charge in [0.05, 0.1) is 11.0 Å². The molecule has 0 aliphatic heterocycles. The maximum Gasteiger partial charge on any atom is 0.164 e. The molecule has 0 atom stereocenters. The molecule has 0 saturated heterocycles. The summed E-state index contributed by atoms with van der Waals surface area (Å²) in [5.41, 5.74) is 10.7. The van der Waals surface area contributed by atoms with Crippen molar-refractivity contribution in [1.29, 1.82) is 0 Å². The number of nitrogens with zero attached hydrogens (tertiary/aromatic N) is 5. The number of azide groups is 1. The quantitative estimate of drug-likeness (QED) is 0.280. The van der Waals surface area contributed by atoms with E-state index in [1.807, 2.05) is 0 Å². The van der Waals surface area contributed by atoms with Crippen LogP contribution in [0.25, 0.3) is 21.5 Å². The van der Waals surface area contributed by atoms with E-state index in [0.717, 1.165) is 0 Å². The van der Waals surface area contributed by atoms with Crippen molar-refractivity contribution in [3.63, 3.8) is 0 Å². The molecule has 1 heterocycles. The SMILES string of the molecule is [N-]=[N+]=Nc1ccc(C#Cc2nc3cc(F)ccc3nc2Cl)cc1. The molecule has 0 fully saturated rings. The van der Waals surface area contributed by atoms with Crippen molar-refractivity contribution in [1.82, 2.24) is 9.97 Å². The van der Waals surface area contributed by atoms with Crippen LogP contribution < -0.4 is 0 Å². The van der Waals surface area contributed by atoms with E-state index in [-0.39, 0.29) is 10.8 Å². The van der Waals surface area contributed by atoms with Crippen LogP contribution in [0.3, 0.4) is 0 Å². The summed E-state index contributed by atoms with van der Waals surface area (Å²) in [4.78, 5) is 11.1. The van der Waals surface area contributed by atoms with E-state index in [9.17, 15) is 4.39 Å². The molecule has 0 spiro atoms. The van der Waals surface area contributed by atoms with E-state index < -0.39 is 5.82 Å². The van der Waals surface area contributed by atoms with Gasteiger partial charge in [0.15, 0.2) is 10.8 Å². The minimum absolute atomic E-state index is 0.155. The van der Waals surface area contributed by atoms with Gasteiger partial charge in [0, 0.05) is 22.2 Å². The van der Waals surface area contributed by atoms with Gasteiger partial charge < -0.3 is 0 Å². The standard InChI is InChI=1S/C16H7ClFN5/c17-16-14(20-15-9-11(18)4-8-13(15)21-16)7-3-10-1-5-12(6-2-10)22-23-19/h1-2,4-6,8-9H. The number of halogens is 2. The lowest BCUT2D eigenvalue weighted by Gasteiger charge is -2.00. The third-order valence-corrected chi connectivity index (χ3v) is 3.20. The summed E-state index contributed by atoms with van der Waals surface area (Å²) in [7, 11) is 0.